The van der Waals surface area contributed by atoms with Crippen LogP contribution in [-0.4, -0.2) is 13.1 Å². The van der Waals surface area contributed by atoms with Crippen LogP contribution in [0.15, 0.2) is 22.5 Å². The summed E-state index contributed by atoms with van der Waals surface area (Å²) in [5, 5.41) is 5.05. The third-order valence-electron chi connectivity index (χ3n) is 0.527. The molecule has 0 spiro atoms. The second kappa shape index (κ2) is 5.94. The molecule has 0 saturated carbocycles. The molecule has 4 nitrogen and oxygen atoms in total. The minimum atomic E-state index is 0.121. The number of hydrogen-bond acceptors (Lipinski definition) is 4. The van der Waals surface area contributed by atoms with E-state index in [1.54, 1.807) is 0 Å². The largest absolute Gasteiger partial charge is 0.150 e. The molecule has 0 aliphatic carbocycles. The standard InChI is InChI=1S/C4H6N2O2/c7-5-3-1-2-4-6-8/h1-2H,3-4H2. The molecule has 0 N–H and O–H groups in total. The highest BCUT2D eigenvalue weighted by Gasteiger charge is 1.71. The van der Waals surface area contributed by atoms with Crippen molar-refractivity contribution < 1.29 is 0 Å². The molecule has 0 radical (unpaired) electrons. The van der Waals surface area contributed by atoms with Crippen molar-refractivity contribution >= 4 is 0 Å². The summed E-state index contributed by atoms with van der Waals surface area (Å²) in [5.41, 5.74) is 0. The van der Waals surface area contributed by atoms with Gasteiger partial charge in [-0.15, -0.1) is 0 Å². The Kier molecular flexibility index (Phi) is 5.15. The molecule has 0 amide bonds. The second-order valence-corrected chi connectivity index (χ2v) is 1.09. The first kappa shape index (κ1) is 6.94. The minimum absolute atomic E-state index is 0.121. The Balaban J connectivity index is 3.06. The maximum Gasteiger partial charge on any atom is 0.0993 e. The van der Waals surface area contributed by atoms with Gasteiger partial charge in [-0.3, -0.25) is 0 Å². The first-order valence-corrected chi connectivity index (χ1v) is 2.15. The fourth-order valence-corrected chi connectivity index (χ4v) is 0.235. The molecule has 0 aromatic heterocycles. The lowest BCUT2D eigenvalue weighted by molar-refractivity contribution is 1.17. The summed E-state index contributed by atoms with van der Waals surface area (Å²) < 4.78 is 0. The summed E-state index contributed by atoms with van der Waals surface area (Å²) in [4.78, 5) is 18.7. The molecule has 0 saturated heterocycles. The van der Waals surface area contributed by atoms with E-state index in [4.69, 9.17) is 0 Å². The van der Waals surface area contributed by atoms with E-state index in [1.165, 1.54) is 12.2 Å². The highest BCUT2D eigenvalue weighted by Crippen LogP contribution is 1.74. The average molecular weight is 114 g/mol. The molecular weight excluding hydrogens is 108 g/mol. The van der Waals surface area contributed by atoms with Crippen molar-refractivity contribution in [3.63, 3.8) is 0 Å². The molecule has 4 heteroatoms. The smallest absolute Gasteiger partial charge is 0.0993 e. The van der Waals surface area contributed by atoms with E-state index in [0.29, 0.717) is 0 Å². The first-order chi connectivity index (χ1) is 3.91. The van der Waals surface area contributed by atoms with Gasteiger partial charge < -0.3 is 0 Å². The summed E-state index contributed by atoms with van der Waals surface area (Å²) in [7, 11) is 0. The molecule has 0 rings (SSSR count). The zero-order valence-corrected chi connectivity index (χ0v) is 4.28. The van der Waals surface area contributed by atoms with Crippen molar-refractivity contribution in [3.05, 3.63) is 22.0 Å². The van der Waals surface area contributed by atoms with E-state index in [2.05, 4.69) is 10.4 Å². The van der Waals surface area contributed by atoms with Gasteiger partial charge in [0, 0.05) is 0 Å². The van der Waals surface area contributed by atoms with E-state index in [9.17, 15) is 9.81 Å². The van der Waals surface area contributed by atoms with Gasteiger partial charge in [-0.1, -0.05) is 22.5 Å². The molecule has 0 aliphatic rings. The van der Waals surface area contributed by atoms with Crippen LogP contribution in [0.2, 0.25) is 0 Å². The van der Waals surface area contributed by atoms with Crippen LogP contribution in [0.3, 0.4) is 0 Å². The first-order valence-electron chi connectivity index (χ1n) is 2.15. The maximum absolute atomic E-state index is 9.36. The molecule has 0 bridgehead atoms. The van der Waals surface area contributed by atoms with Crippen molar-refractivity contribution in [3.8, 4) is 0 Å². The molecular formula is C4H6N2O2. The van der Waals surface area contributed by atoms with Crippen molar-refractivity contribution in [2.45, 2.75) is 0 Å². The van der Waals surface area contributed by atoms with Crippen LogP contribution in [0.5, 0.6) is 0 Å². The van der Waals surface area contributed by atoms with Gasteiger partial charge in [0.2, 0.25) is 0 Å². The molecule has 8 heavy (non-hydrogen) atoms. The van der Waals surface area contributed by atoms with Gasteiger partial charge in [0.1, 0.15) is 0 Å². The molecule has 0 atom stereocenters. The van der Waals surface area contributed by atoms with Gasteiger partial charge in [-0.2, -0.15) is 9.81 Å². The van der Waals surface area contributed by atoms with E-state index < -0.39 is 0 Å². The van der Waals surface area contributed by atoms with Crippen molar-refractivity contribution in [2.24, 2.45) is 10.4 Å². The summed E-state index contributed by atoms with van der Waals surface area (Å²) in [6.45, 7) is 0.241. The minimum Gasteiger partial charge on any atom is -0.150 e. The Morgan fingerprint density at radius 3 is 1.62 bits per heavy atom. The Morgan fingerprint density at radius 1 is 1.00 bits per heavy atom. The van der Waals surface area contributed by atoms with Gasteiger partial charge in [0.15, 0.2) is 0 Å². The van der Waals surface area contributed by atoms with Gasteiger partial charge in [-0.25, -0.2) is 0 Å². The van der Waals surface area contributed by atoms with E-state index in [0.717, 1.165) is 0 Å². The SMILES string of the molecule is O=NCC=CCN=O. The molecule has 44 valence electrons. The number of nitroso groups, excluding NO2 is 2. The van der Waals surface area contributed by atoms with Crippen LogP contribution >= 0.6 is 0 Å². The topological polar surface area (TPSA) is 58.9 Å². The third kappa shape index (κ3) is 4.94. The van der Waals surface area contributed by atoms with Crippen molar-refractivity contribution in [1.29, 1.82) is 0 Å². The van der Waals surface area contributed by atoms with Crippen LogP contribution in [0.1, 0.15) is 0 Å². The Labute approximate surface area is 46.5 Å². The highest BCUT2D eigenvalue weighted by atomic mass is 16.3. The quantitative estimate of drug-likeness (QED) is 0.405. The van der Waals surface area contributed by atoms with E-state index >= 15 is 0 Å². The van der Waals surface area contributed by atoms with Gasteiger partial charge in [0.25, 0.3) is 0 Å². The average Bonchev–Trinajstić information content (AvgIpc) is 1.81. The van der Waals surface area contributed by atoms with Gasteiger partial charge >= 0.3 is 0 Å². The summed E-state index contributed by atoms with van der Waals surface area (Å²) in [6.07, 6.45) is 2.99. The lowest BCUT2D eigenvalue weighted by Gasteiger charge is -1.71. The van der Waals surface area contributed by atoms with Crippen molar-refractivity contribution in [1.82, 2.24) is 0 Å². The van der Waals surface area contributed by atoms with Gasteiger partial charge in [-0.05, 0) is 0 Å². The monoisotopic (exact) mass is 114 g/mol. The van der Waals surface area contributed by atoms with Crippen LogP contribution in [0.25, 0.3) is 0 Å². The van der Waals surface area contributed by atoms with Crippen LogP contribution < -0.4 is 0 Å². The molecule has 0 aromatic rings. The number of nitrogens with zero attached hydrogens (tertiary/aromatic N) is 2. The van der Waals surface area contributed by atoms with Crippen LogP contribution in [-0.2, 0) is 0 Å². The summed E-state index contributed by atoms with van der Waals surface area (Å²) in [6, 6.07) is 0. The highest BCUT2D eigenvalue weighted by molar-refractivity contribution is 4.85. The summed E-state index contributed by atoms with van der Waals surface area (Å²) >= 11 is 0. The van der Waals surface area contributed by atoms with Crippen molar-refractivity contribution in [2.75, 3.05) is 13.1 Å². The predicted molar refractivity (Wildman–Crippen MR) is 30.5 cm³/mol. The lowest BCUT2D eigenvalue weighted by atomic mass is 10.5. The third-order valence-corrected chi connectivity index (χ3v) is 0.527. The number of hydrogen-bond donors (Lipinski definition) is 0. The predicted octanol–water partition coefficient (Wildman–Crippen LogP) is 1.08. The number of rotatable bonds is 4. The zero-order valence-electron chi connectivity index (χ0n) is 4.28. The zero-order chi connectivity index (χ0) is 6.24. The Morgan fingerprint density at radius 2 is 1.38 bits per heavy atom. The Bertz CT molecular complexity index is 88.2. The van der Waals surface area contributed by atoms with Crippen LogP contribution in [0.4, 0.5) is 0 Å². The molecule has 0 aliphatic heterocycles. The van der Waals surface area contributed by atoms with Gasteiger partial charge in [0.05, 0.1) is 13.1 Å². The van der Waals surface area contributed by atoms with Crippen LogP contribution in [0, 0.1) is 9.81 Å². The lowest BCUT2D eigenvalue weighted by Crippen LogP contribution is -1.70. The second-order valence-electron chi connectivity index (χ2n) is 1.09. The molecule has 0 unspecified atom stereocenters. The summed E-state index contributed by atoms with van der Waals surface area (Å²) in [5.74, 6) is 0. The fraction of sp³-hybridized carbons (Fsp3) is 0.500. The normalized spacial score (nSPS) is 9.50. The fourth-order valence-electron chi connectivity index (χ4n) is 0.235. The molecule has 0 heterocycles. The molecule has 0 fully saturated rings. The maximum atomic E-state index is 9.36. The van der Waals surface area contributed by atoms with E-state index in [1.807, 2.05) is 0 Å². The molecule has 0 aromatic carbocycles. The Hall–Kier alpha value is -1.06. The van der Waals surface area contributed by atoms with E-state index in [-0.39, 0.29) is 13.1 Å².